The predicted octanol–water partition coefficient (Wildman–Crippen LogP) is 2.39. The second-order valence-corrected chi connectivity index (χ2v) is 5.77. The van der Waals surface area contributed by atoms with E-state index >= 15 is 0 Å². The summed E-state index contributed by atoms with van der Waals surface area (Å²) in [5, 5.41) is 2.10. The van der Waals surface area contributed by atoms with E-state index in [9.17, 15) is 0 Å². The first kappa shape index (κ1) is 11.1. The van der Waals surface area contributed by atoms with Crippen molar-refractivity contribution in [2.75, 3.05) is 13.6 Å². The van der Waals surface area contributed by atoms with Gasteiger partial charge in [-0.25, -0.2) is 0 Å². The van der Waals surface area contributed by atoms with Crippen molar-refractivity contribution in [1.29, 1.82) is 0 Å². The SMILES string of the molecule is CN1CCC(N)CC1c1ccc2sccc2n1. The van der Waals surface area contributed by atoms with Crippen LogP contribution in [0.5, 0.6) is 0 Å². The van der Waals surface area contributed by atoms with Gasteiger partial charge in [-0.3, -0.25) is 9.88 Å². The molecule has 0 bridgehead atoms. The molecular weight excluding hydrogens is 230 g/mol. The molecule has 0 radical (unpaired) electrons. The van der Waals surface area contributed by atoms with E-state index in [1.807, 2.05) is 0 Å². The molecule has 2 aromatic heterocycles. The van der Waals surface area contributed by atoms with E-state index in [0.29, 0.717) is 12.1 Å². The number of rotatable bonds is 1. The molecule has 2 aromatic rings. The third kappa shape index (κ3) is 2.08. The van der Waals surface area contributed by atoms with Crippen LogP contribution in [-0.2, 0) is 0 Å². The minimum atomic E-state index is 0.316. The van der Waals surface area contributed by atoms with E-state index in [4.69, 9.17) is 10.7 Å². The number of fused-ring (bicyclic) bond motifs is 1. The average molecular weight is 247 g/mol. The Balaban J connectivity index is 1.95. The number of hydrogen-bond acceptors (Lipinski definition) is 4. The third-order valence-electron chi connectivity index (χ3n) is 3.58. The van der Waals surface area contributed by atoms with Gasteiger partial charge in [-0.05, 0) is 50.0 Å². The number of thiophene rings is 1. The molecule has 90 valence electrons. The summed E-state index contributed by atoms with van der Waals surface area (Å²) in [6, 6.07) is 7.11. The standard InChI is InChI=1S/C13H17N3S/c1-16-6-4-9(14)8-12(16)10-2-3-13-11(15-10)5-7-17-13/h2-3,5,7,9,12H,4,6,8,14H2,1H3. The molecule has 17 heavy (non-hydrogen) atoms. The number of likely N-dealkylation sites (tertiary alicyclic amines) is 1. The number of nitrogens with zero attached hydrogens (tertiary/aromatic N) is 2. The molecule has 0 spiro atoms. The Labute approximate surface area is 105 Å². The van der Waals surface area contributed by atoms with Crippen LogP contribution in [0.25, 0.3) is 10.2 Å². The van der Waals surface area contributed by atoms with Crippen molar-refractivity contribution in [2.45, 2.75) is 24.9 Å². The Morgan fingerprint density at radius 3 is 3.18 bits per heavy atom. The Morgan fingerprint density at radius 2 is 2.29 bits per heavy atom. The van der Waals surface area contributed by atoms with Crippen molar-refractivity contribution >= 4 is 21.6 Å². The van der Waals surface area contributed by atoms with E-state index < -0.39 is 0 Å². The van der Waals surface area contributed by atoms with Crippen LogP contribution in [0.2, 0.25) is 0 Å². The smallest absolute Gasteiger partial charge is 0.0813 e. The lowest BCUT2D eigenvalue weighted by molar-refractivity contribution is 0.168. The molecule has 1 saturated heterocycles. The Hall–Kier alpha value is -0.970. The zero-order valence-corrected chi connectivity index (χ0v) is 10.8. The quantitative estimate of drug-likeness (QED) is 0.841. The van der Waals surface area contributed by atoms with E-state index in [1.165, 1.54) is 4.70 Å². The summed E-state index contributed by atoms with van der Waals surface area (Å²) in [5.41, 5.74) is 8.34. The predicted molar refractivity (Wildman–Crippen MR) is 72.2 cm³/mol. The van der Waals surface area contributed by atoms with E-state index in [0.717, 1.165) is 30.6 Å². The van der Waals surface area contributed by atoms with Crippen LogP contribution in [0.15, 0.2) is 23.6 Å². The third-order valence-corrected chi connectivity index (χ3v) is 4.45. The van der Waals surface area contributed by atoms with Gasteiger partial charge in [0.2, 0.25) is 0 Å². The lowest BCUT2D eigenvalue weighted by atomic mass is 9.96. The van der Waals surface area contributed by atoms with Gasteiger partial charge in [0, 0.05) is 6.04 Å². The van der Waals surface area contributed by atoms with Gasteiger partial charge >= 0.3 is 0 Å². The molecule has 0 amide bonds. The zero-order valence-electron chi connectivity index (χ0n) is 9.97. The van der Waals surface area contributed by atoms with Gasteiger partial charge in [-0.15, -0.1) is 11.3 Å². The highest BCUT2D eigenvalue weighted by atomic mass is 32.1. The molecule has 0 saturated carbocycles. The zero-order chi connectivity index (χ0) is 11.8. The van der Waals surface area contributed by atoms with Crippen LogP contribution in [0, 0.1) is 0 Å². The maximum absolute atomic E-state index is 6.06. The molecule has 3 nitrogen and oxygen atoms in total. The van der Waals surface area contributed by atoms with E-state index in [2.05, 4.69) is 35.5 Å². The summed E-state index contributed by atoms with van der Waals surface area (Å²) < 4.78 is 1.26. The molecule has 3 heterocycles. The fourth-order valence-corrected chi connectivity index (χ4v) is 3.24. The first-order chi connectivity index (χ1) is 8.24. The second-order valence-electron chi connectivity index (χ2n) is 4.82. The van der Waals surface area contributed by atoms with Crippen LogP contribution >= 0.6 is 11.3 Å². The summed E-state index contributed by atoms with van der Waals surface area (Å²) in [6.45, 7) is 1.06. The molecule has 3 rings (SSSR count). The van der Waals surface area contributed by atoms with Crippen molar-refractivity contribution in [3.05, 3.63) is 29.3 Å². The number of piperidine rings is 1. The minimum Gasteiger partial charge on any atom is -0.328 e. The molecule has 2 unspecified atom stereocenters. The summed E-state index contributed by atoms with van der Waals surface area (Å²) in [6.07, 6.45) is 2.10. The highest BCUT2D eigenvalue weighted by Gasteiger charge is 2.26. The number of pyridine rings is 1. The van der Waals surface area contributed by atoms with Crippen molar-refractivity contribution in [3.63, 3.8) is 0 Å². The van der Waals surface area contributed by atoms with Gasteiger partial charge in [0.1, 0.15) is 0 Å². The average Bonchev–Trinajstić information content (AvgIpc) is 2.79. The lowest BCUT2D eigenvalue weighted by Gasteiger charge is -2.35. The molecule has 0 aliphatic carbocycles. The fourth-order valence-electron chi connectivity index (χ4n) is 2.51. The van der Waals surface area contributed by atoms with Gasteiger partial charge in [0.05, 0.1) is 22.0 Å². The van der Waals surface area contributed by atoms with Crippen LogP contribution in [-0.4, -0.2) is 29.5 Å². The number of nitrogens with two attached hydrogens (primary N) is 1. The molecule has 0 aromatic carbocycles. The maximum Gasteiger partial charge on any atom is 0.0813 e. The normalized spacial score (nSPS) is 26.5. The molecule has 1 fully saturated rings. The summed E-state index contributed by atoms with van der Waals surface area (Å²) >= 11 is 1.74. The molecule has 2 N–H and O–H groups in total. The number of aromatic nitrogens is 1. The Morgan fingerprint density at radius 1 is 1.41 bits per heavy atom. The van der Waals surface area contributed by atoms with Crippen LogP contribution in [0.3, 0.4) is 0 Å². The van der Waals surface area contributed by atoms with Crippen molar-refractivity contribution in [2.24, 2.45) is 5.73 Å². The van der Waals surface area contributed by atoms with E-state index in [1.54, 1.807) is 11.3 Å². The first-order valence-electron chi connectivity index (χ1n) is 6.04. The Kier molecular flexibility index (Phi) is 2.86. The highest BCUT2D eigenvalue weighted by Crippen LogP contribution is 2.29. The Bertz CT molecular complexity index is 522. The number of hydrogen-bond donors (Lipinski definition) is 1. The van der Waals surface area contributed by atoms with Gasteiger partial charge in [0.25, 0.3) is 0 Å². The van der Waals surface area contributed by atoms with Crippen molar-refractivity contribution < 1.29 is 0 Å². The topological polar surface area (TPSA) is 42.1 Å². The fraction of sp³-hybridized carbons (Fsp3) is 0.462. The summed E-state index contributed by atoms with van der Waals surface area (Å²) in [4.78, 5) is 7.12. The molecule has 2 atom stereocenters. The van der Waals surface area contributed by atoms with Crippen LogP contribution < -0.4 is 5.73 Å². The minimum absolute atomic E-state index is 0.316. The van der Waals surface area contributed by atoms with Crippen LogP contribution in [0.1, 0.15) is 24.6 Å². The highest BCUT2D eigenvalue weighted by molar-refractivity contribution is 7.17. The van der Waals surface area contributed by atoms with Gasteiger partial charge < -0.3 is 5.73 Å². The molecule has 4 heteroatoms. The van der Waals surface area contributed by atoms with Gasteiger partial charge in [-0.1, -0.05) is 0 Å². The first-order valence-corrected chi connectivity index (χ1v) is 6.92. The van der Waals surface area contributed by atoms with Gasteiger partial charge in [-0.2, -0.15) is 0 Å². The van der Waals surface area contributed by atoms with Crippen molar-refractivity contribution in [1.82, 2.24) is 9.88 Å². The molecule has 1 aliphatic heterocycles. The largest absolute Gasteiger partial charge is 0.328 e. The lowest BCUT2D eigenvalue weighted by Crippen LogP contribution is -2.40. The van der Waals surface area contributed by atoms with Crippen molar-refractivity contribution in [3.8, 4) is 0 Å². The molecular formula is C13H17N3S. The van der Waals surface area contributed by atoms with Crippen LogP contribution in [0.4, 0.5) is 0 Å². The second kappa shape index (κ2) is 4.37. The van der Waals surface area contributed by atoms with E-state index in [-0.39, 0.29) is 0 Å². The van der Waals surface area contributed by atoms with Gasteiger partial charge in [0.15, 0.2) is 0 Å². The summed E-state index contributed by atoms with van der Waals surface area (Å²) in [5.74, 6) is 0. The summed E-state index contributed by atoms with van der Waals surface area (Å²) in [7, 11) is 2.16. The molecule has 1 aliphatic rings. The maximum atomic E-state index is 6.06. The monoisotopic (exact) mass is 247 g/mol.